The van der Waals surface area contributed by atoms with Gasteiger partial charge in [0.25, 0.3) is 5.91 Å². The van der Waals surface area contributed by atoms with Crippen LogP contribution in [-0.4, -0.2) is 12.5 Å². The van der Waals surface area contributed by atoms with Gasteiger partial charge in [-0.2, -0.15) is 0 Å². The molecule has 26 heavy (non-hydrogen) atoms. The number of benzene rings is 2. The van der Waals surface area contributed by atoms with Crippen LogP contribution >= 0.6 is 15.9 Å². The summed E-state index contributed by atoms with van der Waals surface area (Å²) < 4.78 is 24.9. The molecule has 0 aliphatic rings. The number of hydrogen-bond donors (Lipinski definition) is 1. The summed E-state index contributed by atoms with van der Waals surface area (Å²) in [5.74, 6) is -0.678. The molecule has 1 heterocycles. The summed E-state index contributed by atoms with van der Waals surface area (Å²) in [4.78, 5) is 23.5. The van der Waals surface area contributed by atoms with Gasteiger partial charge in [0.05, 0.1) is 5.69 Å². The second-order valence-electron chi connectivity index (χ2n) is 5.56. The average molecular weight is 420 g/mol. The lowest BCUT2D eigenvalue weighted by Crippen LogP contribution is -2.20. The number of amides is 1. The summed E-state index contributed by atoms with van der Waals surface area (Å²) >= 11 is 3.15. The third kappa shape index (κ3) is 4.11. The Bertz CT molecular complexity index is 1030. The zero-order valence-corrected chi connectivity index (χ0v) is 15.4. The van der Waals surface area contributed by atoms with Gasteiger partial charge in [0.1, 0.15) is 17.1 Å². The number of rotatable bonds is 5. The molecule has 2 aromatic carbocycles. The molecule has 5 nitrogen and oxygen atoms in total. The summed E-state index contributed by atoms with van der Waals surface area (Å²) in [6.07, 6.45) is 0.698. The Balaban J connectivity index is 1.71. The molecule has 0 radical (unpaired) electrons. The molecule has 134 valence electrons. The third-order valence-electron chi connectivity index (χ3n) is 3.76. The maximum Gasteiger partial charge on any atom is 0.336 e. The van der Waals surface area contributed by atoms with Crippen LogP contribution in [-0.2, 0) is 11.2 Å². The highest BCUT2D eigenvalue weighted by Crippen LogP contribution is 2.23. The predicted molar refractivity (Wildman–Crippen MR) is 100 cm³/mol. The molecule has 3 aromatic rings. The Hall–Kier alpha value is -2.67. The highest BCUT2D eigenvalue weighted by molar-refractivity contribution is 9.10. The van der Waals surface area contributed by atoms with Crippen molar-refractivity contribution in [2.24, 2.45) is 0 Å². The molecule has 0 atom stereocenters. The maximum atomic E-state index is 13.7. The zero-order chi connectivity index (χ0) is 18.7. The molecule has 0 fully saturated rings. The molecule has 1 amide bonds. The monoisotopic (exact) mass is 419 g/mol. The molecule has 0 saturated carbocycles. The second-order valence-corrected chi connectivity index (χ2v) is 6.48. The van der Waals surface area contributed by atoms with Gasteiger partial charge in [0.15, 0.2) is 6.61 Å². The van der Waals surface area contributed by atoms with Crippen LogP contribution in [0.2, 0.25) is 0 Å². The van der Waals surface area contributed by atoms with Gasteiger partial charge in [0.2, 0.25) is 0 Å². The fourth-order valence-electron chi connectivity index (χ4n) is 2.52. The molecule has 0 unspecified atom stereocenters. The molecule has 0 bridgehead atoms. The Morgan fingerprint density at radius 1 is 1.23 bits per heavy atom. The summed E-state index contributed by atoms with van der Waals surface area (Å²) in [7, 11) is 0. The van der Waals surface area contributed by atoms with Crippen LogP contribution < -0.4 is 15.7 Å². The van der Waals surface area contributed by atoms with E-state index in [0.29, 0.717) is 22.2 Å². The Morgan fingerprint density at radius 3 is 2.77 bits per heavy atom. The van der Waals surface area contributed by atoms with Crippen molar-refractivity contribution in [3.63, 3.8) is 0 Å². The topological polar surface area (TPSA) is 68.5 Å². The van der Waals surface area contributed by atoms with E-state index >= 15 is 0 Å². The quantitative estimate of drug-likeness (QED) is 0.626. The number of fused-ring (bicyclic) bond motifs is 1. The van der Waals surface area contributed by atoms with E-state index in [9.17, 15) is 14.0 Å². The lowest BCUT2D eigenvalue weighted by atomic mass is 10.1. The highest BCUT2D eigenvalue weighted by atomic mass is 79.9. The first-order valence-electron chi connectivity index (χ1n) is 7.90. The minimum atomic E-state index is -0.549. The number of hydrogen-bond acceptors (Lipinski definition) is 4. The van der Waals surface area contributed by atoms with Crippen molar-refractivity contribution in [3.05, 3.63) is 68.7 Å². The average Bonchev–Trinajstić information content (AvgIpc) is 2.61. The number of carbonyl (C=O) groups excluding carboxylic acids is 1. The Kier molecular flexibility index (Phi) is 5.37. The van der Waals surface area contributed by atoms with E-state index in [-0.39, 0.29) is 12.3 Å². The van der Waals surface area contributed by atoms with Crippen LogP contribution in [0.3, 0.4) is 0 Å². The summed E-state index contributed by atoms with van der Waals surface area (Å²) in [6.45, 7) is 1.64. The van der Waals surface area contributed by atoms with Gasteiger partial charge in [-0.25, -0.2) is 9.18 Å². The fourth-order valence-corrected chi connectivity index (χ4v) is 2.85. The minimum absolute atomic E-state index is 0.0684. The fraction of sp³-hybridized carbons (Fsp3) is 0.158. The molecule has 1 N–H and O–H groups in total. The van der Waals surface area contributed by atoms with Crippen molar-refractivity contribution in [3.8, 4) is 5.75 Å². The van der Waals surface area contributed by atoms with E-state index < -0.39 is 17.3 Å². The van der Waals surface area contributed by atoms with Crippen LogP contribution in [0.15, 0.2) is 56.1 Å². The number of nitrogens with one attached hydrogen (secondary N) is 1. The SMILES string of the molecule is CCc1cc(=O)oc2cc(OCC(=O)Nc3ccc(Br)cc3F)ccc12. The highest BCUT2D eigenvalue weighted by Gasteiger charge is 2.10. The van der Waals surface area contributed by atoms with Crippen LogP contribution in [0.4, 0.5) is 10.1 Å². The van der Waals surface area contributed by atoms with Crippen molar-refractivity contribution in [1.29, 1.82) is 0 Å². The second kappa shape index (κ2) is 7.70. The Labute approximate surface area is 156 Å². The van der Waals surface area contributed by atoms with Crippen LogP contribution in [0, 0.1) is 5.82 Å². The Morgan fingerprint density at radius 2 is 2.04 bits per heavy atom. The third-order valence-corrected chi connectivity index (χ3v) is 4.25. The molecule has 0 aliphatic heterocycles. The van der Waals surface area contributed by atoms with E-state index in [2.05, 4.69) is 21.2 Å². The predicted octanol–water partition coefficient (Wildman–Crippen LogP) is 4.27. The van der Waals surface area contributed by atoms with Crippen molar-refractivity contribution in [2.75, 3.05) is 11.9 Å². The van der Waals surface area contributed by atoms with E-state index in [1.165, 1.54) is 18.2 Å². The largest absolute Gasteiger partial charge is 0.484 e. The normalized spacial score (nSPS) is 10.7. The van der Waals surface area contributed by atoms with Crippen molar-refractivity contribution < 1.29 is 18.3 Å². The van der Waals surface area contributed by atoms with E-state index in [0.717, 1.165) is 10.9 Å². The maximum absolute atomic E-state index is 13.7. The first-order valence-corrected chi connectivity index (χ1v) is 8.70. The molecule has 1 aromatic heterocycles. The van der Waals surface area contributed by atoms with Gasteiger partial charge in [-0.3, -0.25) is 4.79 Å². The number of ether oxygens (including phenoxy) is 1. The van der Waals surface area contributed by atoms with Crippen molar-refractivity contribution in [2.45, 2.75) is 13.3 Å². The van der Waals surface area contributed by atoms with Gasteiger partial charge in [-0.1, -0.05) is 22.9 Å². The van der Waals surface area contributed by atoms with Crippen LogP contribution in [0.5, 0.6) is 5.75 Å². The standard InChI is InChI=1S/C19H15BrFNO4/c1-2-11-7-19(24)26-17-9-13(4-5-14(11)17)25-10-18(23)22-16-6-3-12(20)8-15(16)21/h3-9H,2,10H2,1H3,(H,22,23). The van der Waals surface area contributed by atoms with Crippen LogP contribution in [0.1, 0.15) is 12.5 Å². The summed E-state index contributed by atoms with van der Waals surface area (Å²) in [6, 6.07) is 10.8. The molecular formula is C19H15BrFNO4. The molecule has 3 rings (SSSR count). The van der Waals surface area contributed by atoms with Gasteiger partial charge >= 0.3 is 5.63 Å². The summed E-state index contributed by atoms with van der Waals surface area (Å²) in [5.41, 5.74) is 0.909. The first-order chi connectivity index (χ1) is 12.5. The number of carbonyl (C=O) groups is 1. The molecule has 7 heteroatoms. The van der Waals surface area contributed by atoms with E-state index in [4.69, 9.17) is 9.15 Å². The lowest BCUT2D eigenvalue weighted by Gasteiger charge is -2.09. The van der Waals surface area contributed by atoms with Crippen molar-refractivity contribution >= 4 is 38.5 Å². The van der Waals surface area contributed by atoms with Crippen molar-refractivity contribution in [1.82, 2.24) is 0 Å². The lowest BCUT2D eigenvalue weighted by molar-refractivity contribution is -0.118. The van der Waals surface area contributed by atoms with Gasteiger partial charge in [0, 0.05) is 22.0 Å². The first kappa shape index (κ1) is 18.1. The van der Waals surface area contributed by atoms with Crippen LogP contribution in [0.25, 0.3) is 11.0 Å². The molecule has 0 aliphatic carbocycles. The van der Waals surface area contributed by atoms with E-state index in [1.807, 2.05) is 6.92 Å². The minimum Gasteiger partial charge on any atom is -0.484 e. The number of aryl methyl sites for hydroxylation is 1. The zero-order valence-electron chi connectivity index (χ0n) is 13.8. The van der Waals surface area contributed by atoms with Gasteiger partial charge < -0.3 is 14.5 Å². The van der Waals surface area contributed by atoms with Gasteiger partial charge in [-0.15, -0.1) is 0 Å². The summed E-state index contributed by atoms with van der Waals surface area (Å²) in [5, 5.41) is 3.26. The smallest absolute Gasteiger partial charge is 0.336 e. The number of halogens is 2. The molecular weight excluding hydrogens is 405 g/mol. The molecule has 0 saturated heterocycles. The molecule has 0 spiro atoms. The number of anilines is 1. The van der Waals surface area contributed by atoms with Gasteiger partial charge in [-0.05, 0) is 42.3 Å². The van der Waals surface area contributed by atoms with E-state index in [1.54, 1.807) is 24.3 Å².